The minimum absolute atomic E-state index is 0.0210. The Hall–Kier alpha value is -3.99. The molecule has 9 nitrogen and oxygen atoms in total. The predicted molar refractivity (Wildman–Crippen MR) is 123 cm³/mol. The minimum Gasteiger partial charge on any atom is -0.497 e. The van der Waals surface area contributed by atoms with Gasteiger partial charge in [-0.25, -0.2) is 18.7 Å². The molecule has 0 saturated carbocycles. The van der Waals surface area contributed by atoms with Gasteiger partial charge in [-0.3, -0.25) is 9.89 Å². The lowest BCUT2D eigenvalue weighted by atomic mass is 10.2. The molecule has 0 aliphatic rings. The third-order valence-electron chi connectivity index (χ3n) is 4.62. The lowest BCUT2D eigenvalue weighted by molar-refractivity contribution is -0.115. The van der Waals surface area contributed by atoms with Crippen LogP contribution >= 0.6 is 11.6 Å². The number of nitrogens with one attached hydrogen (secondary N) is 3. The number of aromatic amines is 1. The molecule has 0 aliphatic carbocycles. The molecule has 176 valence electrons. The van der Waals surface area contributed by atoms with Gasteiger partial charge in [-0.2, -0.15) is 5.10 Å². The molecule has 2 aromatic heterocycles. The van der Waals surface area contributed by atoms with Gasteiger partial charge in [-0.15, -0.1) is 11.6 Å². The standard InChI is InChI=1S/C22H19ClF2N6O3/c1-33-16-9-17-21(18(10-16)34-3-2-23)22(27-11-26-17)29-19-7-15(30-31-19)8-20(32)28-14-5-12(24)4-13(25)6-14/h4-7,9-11H,2-3,8H2,1H3,(H,28,32)(H2,26,27,29,30,31). The lowest BCUT2D eigenvalue weighted by Crippen LogP contribution is -2.14. The van der Waals surface area contributed by atoms with Crippen molar-refractivity contribution in [2.75, 3.05) is 30.2 Å². The van der Waals surface area contributed by atoms with Gasteiger partial charge in [-0.1, -0.05) is 0 Å². The fraction of sp³-hybridized carbons (Fsp3) is 0.182. The van der Waals surface area contributed by atoms with Crippen LogP contribution in [-0.4, -0.2) is 45.7 Å². The van der Waals surface area contributed by atoms with Gasteiger partial charge in [0.25, 0.3) is 0 Å². The van der Waals surface area contributed by atoms with Crippen molar-refractivity contribution in [2.45, 2.75) is 6.42 Å². The second-order valence-corrected chi connectivity index (χ2v) is 7.44. The topological polar surface area (TPSA) is 114 Å². The van der Waals surface area contributed by atoms with Crippen LogP contribution < -0.4 is 20.1 Å². The summed E-state index contributed by atoms with van der Waals surface area (Å²) >= 11 is 5.77. The number of methoxy groups -OCH3 is 1. The zero-order valence-corrected chi connectivity index (χ0v) is 18.6. The highest BCUT2D eigenvalue weighted by Gasteiger charge is 2.15. The van der Waals surface area contributed by atoms with Crippen LogP contribution in [0.5, 0.6) is 11.5 Å². The van der Waals surface area contributed by atoms with E-state index in [1.807, 2.05) is 0 Å². The molecule has 1 amide bonds. The van der Waals surface area contributed by atoms with Crippen molar-refractivity contribution in [3.8, 4) is 11.5 Å². The normalized spacial score (nSPS) is 10.8. The maximum atomic E-state index is 13.3. The number of halogens is 3. The number of aromatic nitrogens is 4. The van der Waals surface area contributed by atoms with Crippen LogP contribution in [0.4, 0.5) is 26.1 Å². The van der Waals surface area contributed by atoms with Gasteiger partial charge in [-0.05, 0) is 12.1 Å². The number of hydrogen-bond acceptors (Lipinski definition) is 7. The third kappa shape index (κ3) is 5.49. The number of anilines is 3. The molecule has 0 unspecified atom stereocenters. The number of hydrogen-bond donors (Lipinski definition) is 3. The Bertz CT molecular complexity index is 1310. The first kappa shape index (κ1) is 23.2. The molecule has 34 heavy (non-hydrogen) atoms. The summed E-state index contributed by atoms with van der Waals surface area (Å²) in [6.07, 6.45) is 1.28. The second kappa shape index (κ2) is 10.3. The van der Waals surface area contributed by atoms with Crippen LogP contribution in [0.3, 0.4) is 0 Å². The molecule has 0 saturated heterocycles. The molecule has 4 aromatic rings. The monoisotopic (exact) mass is 488 g/mol. The Morgan fingerprint density at radius 3 is 2.65 bits per heavy atom. The molecular formula is C22H19ClF2N6O3. The van der Waals surface area contributed by atoms with Gasteiger partial charge in [0.05, 0.1) is 30.3 Å². The first-order valence-electron chi connectivity index (χ1n) is 10.0. The van der Waals surface area contributed by atoms with E-state index in [9.17, 15) is 13.6 Å². The average molecular weight is 489 g/mol. The molecule has 2 aromatic carbocycles. The van der Waals surface area contributed by atoms with Gasteiger partial charge in [0.1, 0.15) is 41.9 Å². The minimum atomic E-state index is -0.785. The molecule has 12 heteroatoms. The van der Waals surface area contributed by atoms with Crippen molar-refractivity contribution >= 4 is 45.7 Å². The molecule has 0 spiro atoms. The summed E-state index contributed by atoms with van der Waals surface area (Å²) in [7, 11) is 1.54. The van der Waals surface area contributed by atoms with E-state index in [4.69, 9.17) is 21.1 Å². The van der Waals surface area contributed by atoms with Gasteiger partial charge >= 0.3 is 0 Å². The van der Waals surface area contributed by atoms with E-state index in [0.717, 1.165) is 18.2 Å². The van der Waals surface area contributed by atoms with E-state index < -0.39 is 17.5 Å². The predicted octanol–water partition coefficient (Wildman–Crippen LogP) is 4.18. The lowest BCUT2D eigenvalue weighted by Gasteiger charge is -2.13. The van der Waals surface area contributed by atoms with Crippen molar-refractivity contribution in [3.05, 3.63) is 60.1 Å². The van der Waals surface area contributed by atoms with Crippen LogP contribution in [0, 0.1) is 11.6 Å². The molecule has 4 rings (SSSR count). The summed E-state index contributed by atoms with van der Waals surface area (Å²) in [4.78, 5) is 20.8. The summed E-state index contributed by atoms with van der Waals surface area (Å²) < 4.78 is 37.7. The maximum absolute atomic E-state index is 13.3. The van der Waals surface area contributed by atoms with Crippen molar-refractivity contribution < 1.29 is 23.0 Å². The zero-order chi connectivity index (χ0) is 24.1. The number of carbonyl (C=O) groups excluding carboxylic acids is 1. The fourth-order valence-electron chi connectivity index (χ4n) is 3.25. The number of rotatable bonds is 9. The molecule has 2 heterocycles. The van der Waals surface area contributed by atoms with Crippen molar-refractivity contribution in [1.29, 1.82) is 0 Å². The van der Waals surface area contributed by atoms with Crippen LogP contribution in [0.25, 0.3) is 10.9 Å². The maximum Gasteiger partial charge on any atom is 0.230 e. The molecule has 0 aliphatic heterocycles. The second-order valence-electron chi connectivity index (χ2n) is 7.07. The van der Waals surface area contributed by atoms with Gasteiger partial charge in [0.15, 0.2) is 5.82 Å². The van der Waals surface area contributed by atoms with E-state index in [0.29, 0.717) is 45.6 Å². The zero-order valence-electron chi connectivity index (χ0n) is 17.9. The van der Waals surface area contributed by atoms with Crippen molar-refractivity contribution in [3.63, 3.8) is 0 Å². The first-order chi connectivity index (χ1) is 16.4. The van der Waals surface area contributed by atoms with Crippen molar-refractivity contribution in [2.24, 2.45) is 0 Å². The van der Waals surface area contributed by atoms with Crippen LogP contribution in [0.1, 0.15) is 5.69 Å². The van der Waals surface area contributed by atoms with E-state index >= 15 is 0 Å². The number of carbonyl (C=O) groups is 1. The summed E-state index contributed by atoms with van der Waals surface area (Å²) in [5.41, 5.74) is 1.07. The number of H-pyrrole nitrogens is 1. The van der Waals surface area contributed by atoms with Gasteiger partial charge in [0, 0.05) is 35.6 Å². The molecule has 0 fully saturated rings. The van der Waals surface area contributed by atoms with E-state index in [1.54, 1.807) is 25.3 Å². The quantitative estimate of drug-likeness (QED) is 0.303. The fourth-order valence-corrected chi connectivity index (χ4v) is 3.32. The molecular weight excluding hydrogens is 470 g/mol. The molecule has 0 bridgehead atoms. The van der Waals surface area contributed by atoms with Gasteiger partial charge in [0.2, 0.25) is 5.91 Å². The van der Waals surface area contributed by atoms with Crippen LogP contribution in [0.2, 0.25) is 0 Å². The number of alkyl halides is 1. The molecule has 0 atom stereocenters. The Kier molecular flexibility index (Phi) is 7.02. The molecule has 0 radical (unpaired) electrons. The Balaban J connectivity index is 1.52. The van der Waals surface area contributed by atoms with Crippen LogP contribution in [0.15, 0.2) is 42.7 Å². The number of nitrogens with zero attached hydrogens (tertiary/aromatic N) is 3. The molecule has 3 N–H and O–H groups in total. The average Bonchev–Trinajstić information content (AvgIpc) is 3.22. The Morgan fingerprint density at radius 1 is 1.12 bits per heavy atom. The first-order valence-corrected chi connectivity index (χ1v) is 10.6. The summed E-state index contributed by atoms with van der Waals surface area (Å²) in [6, 6.07) is 7.84. The summed E-state index contributed by atoms with van der Waals surface area (Å²) in [6.45, 7) is 0.273. The Morgan fingerprint density at radius 2 is 1.91 bits per heavy atom. The summed E-state index contributed by atoms with van der Waals surface area (Å²) in [5.74, 6) is 0.107. The third-order valence-corrected chi connectivity index (χ3v) is 4.77. The highest BCUT2D eigenvalue weighted by molar-refractivity contribution is 6.18. The van der Waals surface area contributed by atoms with Crippen LogP contribution in [-0.2, 0) is 11.2 Å². The smallest absolute Gasteiger partial charge is 0.230 e. The Labute approximate surface area is 197 Å². The number of fused-ring (bicyclic) bond motifs is 1. The van der Waals surface area contributed by atoms with Gasteiger partial charge < -0.3 is 20.1 Å². The SMILES string of the molecule is COc1cc(OCCCl)c2c(Nc3cc(CC(=O)Nc4cc(F)cc(F)c4)[nH]n3)ncnc2c1. The number of ether oxygens (including phenoxy) is 2. The largest absolute Gasteiger partial charge is 0.497 e. The highest BCUT2D eigenvalue weighted by atomic mass is 35.5. The summed E-state index contributed by atoms with van der Waals surface area (Å²) in [5, 5.41) is 13.0. The van der Waals surface area contributed by atoms with Crippen molar-refractivity contribution in [1.82, 2.24) is 20.2 Å². The van der Waals surface area contributed by atoms with E-state index in [1.165, 1.54) is 6.33 Å². The highest BCUT2D eigenvalue weighted by Crippen LogP contribution is 2.35. The van der Waals surface area contributed by atoms with E-state index in [-0.39, 0.29) is 18.7 Å². The van der Waals surface area contributed by atoms with E-state index in [2.05, 4.69) is 30.8 Å². The number of benzene rings is 2. The number of amides is 1.